The second-order valence-electron chi connectivity index (χ2n) is 10.7. The number of benzene rings is 2. The van der Waals surface area contributed by atoms with Gasteiger partial charge in [-0.2, -0.15) is 5.10 Å². The number of hydrogen-bond acceptors (Lipinski definition) is 6. The lowest BCUT2D eigenvalue weighted by Gasteiger charge is -2.50. The number of rotatable bonds is 6. The molecule has 200 valence electrons. The van der Waals surface area contributed by atoms with Crippen LogP contribution in [0.2, 0.25) is 5.02 Å². The molecule has 2 aromatic carbocycles. The van der Waals surface area contributed by atoms with E-state index < -0.39 is 0 Å². The van der Waals surface area contributed by atoms with E-state index in [4.69, 9.17) is 11.6 Å². The van der Waals surface area contributed by atoms with Crippen LogP contribution in [0.4, 0.5) is 5.69 Å². The molecule has 0 bridgehead atoms. The first-order valence-corrected chi connectivity index (χ1v) is 14.2. The van der Waals surface area contributed by atoms with Crippen molar-refractivity contribution in [3.8, 4) is 0 Å². The lowest BCUT2D eigenvalue weighted by atomic mass is 9.80. The zero-order valence-corrected chi connectivity index (χ0v) is 22.4. The van der Waals surface area contributed by atoms with Crippen molar-refractivity contribution in [1.82, 2.24) is 20.1 Å². The molecule has 38 heavy (non-hydrogen) atoms. The minimum absolute atomic E-state index is 0.0469. The monoisotopic (exact) mass is 534 g/mol. The third kappa shape index (κ3) is 4.82. The molecule has 3 atom stereocenters. The van der Waals surface area contributed by atoms with Gasteiger partial charge in [0.2, 0.25) is 11.8 Å². The van der Waals surface area contributed by atoms with Crippen LogP contribution in [0.25, 0.3) is 0 Å². The summed E-state index contributed by atoms with van der Waals surface area (Å²) >= 11 is 6.46. The van der Waals surface area contributed by atoms with E-state index in [1.807, 2.05) is 40.1 Å². The standard InChI is InChI=1S/C29H35ClN6O2/c30-24-12-6-4-8-21(24)20-35-28(38)23-11-5-7-13-25(23)36-26(31-32-29(35)36)14-15-27(37)34-18-16-33(17-19-34)22-9-2-1-3-10-22/h1-4,6,8-10,12,23,25,29,32H,5,7,11,13-20H2. The molecule has 8 nitrogen and oxygen atoms in total. The van der Waals surface area contributed by atoms with E-state index in [9.17, 15) is 9.59 Å². The summed E-state index contributed by atoms with van der Waals surface area (Å²) in [5, 5.41) is 5.34. The molecule has 0 radical (unpaired) electrons. The van der Waals surface area contributed by atoms with Crippen molar-refractivity contribution in [1.29, 1.82) is 0 Å². The Balaban J connectivity index is 1.11. The number of hydrogen-bond donors (Lipinski definition) is 1. The summed E-state index contributed by atoms with van der Waals surface area (Å²) in [4.78, 5) is 35.3. The molecule has 0 spiro atoms. The molecular weight excluding hydrogens is 500 g/mol. The first-order valence-electron chi connectivity index (χ1n) is 13.8. The second kappa shape index (κ2) is 10.8. The molecule has 2 saturated heterocycles. The topological polar surface area (TPSA) is 71.5 Å². The fourth-order valence-electron chi connectivity index (χ4n) is 6.44. The lowest BCUT2D eigenvalue weighted by Crippen LogP contribution is -2.67. The van der Waals surface area contributed by atoms with E-state index in [1.165, 1.54) is 5.69 Å². The molecule has 1 saturated carbocycles. The Hall–Kier alpha value is -3.26. The SMILES string of the molecule is O=C(CCC1=NNC2N(Cc3ccccc3Cl)C(=O)C3CCCCC3N12)N1CCN(c2ccccc2)CC1. The number of piperazine rings is 1. The molecule has 0 aromatic heterocycles. The van der Waals surface area contributed by atoms with Crippen LogP contribution in [-0.4, -0.2) is 70.9 Å². The smallest absolute Gasteiger partial charge is 0.231 e. The summed E-state index contributed by atoms with van der Waals surface area (Å²) in [5.41, 5.74) is 5.37. The Kier molecular flexibility index (Phi) is 7.15. The fraction of sp³-hybridized carbons (Fsp3) is 0.483. The molecular formula is C29H35ClN6O2. The highest BCUT2D eigenvalue weighted by atomic mass is 35.5. The largest absolute Gasteiger partial charge is 0.368 e. The van der Waals surface area contributed by atoms with Crippen LogP contribution in [0.3, 0.4) is 0 Å². The molecule has 2 amide bonds. The first kappa shape index (κ1) is 25.0. The van der Waals surface area contributed by atoms with Gasteiger partial charge in [-0.3, -0.25) is 19.9 Å². The van der Waals surface area contributed by atoms with Gasteiger partial charge in [-0.25, -0.2) is 0 Å². The van der Waals surface area contributed by atoms with Gasteiger partial charge in [0.15, 0.2) is 6.29 Å². The van der Waals surface area contributed by atoms with E-state index in [0.717, 1.165) is 63.3 Å². The average Bonchev–Trinajstić information content (AvgIpc) is 3.39. The van der Waals surface area contributed by atoms with Gasteiger partial charge < -0.3 is 14.7 Å². The fourth-order valence-corrected chi connectivity index (χ4v) is 6.64. The van der Waals surface area contributed by atoms with Gasteiger partial charge in [0.1, 0.15) is 5.84 Å². The molecule has 9 heteroatoms. The number of nitrogens with zero attached hydrogens (tertiary/aromatic N) is 5. The average molecular weight is 535 g/mol. The van der Waals surface area contributed by atoms with Gasteiger partial charge in [0.05, 0.1) is 12.5 Å². The number of nitrogens with one attached hydrogen (secondary N) is 1. The summed E-state index contributed by atoms with van der Waals surface area (Å²) in [5.74, 6) is 1.19. The van der Waals surface area contributed by atoms with Crippen LogP contribution in [0, 0.1) is 5.92 Å². The highest BCUT2D eigenvalue weighted by Gasteiger charge is 2.50. The Morgan fingerprint density at radius 2 is 1.71 bits per heavy atom. The highest BCUT2D eigenvalue weighted by molar-refractivity contribution is 6.31. The minimum Gasteiger partial charge on any atom is -0.368 e. The predicted molar refractivity (Wildman–Crippen MR) is 148 cm³/mol. The van der Waals surface area contributed by atoms with Crippen LogP contribution < -0.4 is 10.3 Å². The maximum Gasteiger partial charge on any atom is 0.231 e. The van der Waals surface area contributed by atoms with E-state index >= 15 is 0 Å². The minimum atomic E-state index is -0.336. The summed E-state index contributed by atoms with van der Waals surface area (Å²) < 4.78 is 0. The van der Waals surface area contributed by atoms with Crippen molar-refractivity contribution in [2.45, 2.75) is 57.4 Å². The summed E-state index contributed by atoms with van der Waals surface area (Å²) in [6.07, 6.45) is 4.70. The van der Waals surface area contributed by atoms with Crippen molar-refractivity contribution in [2.75, 3.05) is 31.1 Å². The third-order valence-corrected chi connectivity index (χ3v) is 8.84. The summed E-state index contributed by atoms with van der Waals surface area (Å²) in [6, 6.07) is 18.2. The Bertz CT molecular complexity index is 1200. The number of carbonyl (C=O) groups is 2. The van der Waals surface area contributed by atoms with Crippen molar-refractivity contribution >= 4 is 34.9 Å². The molecule has 2 aromatic rings. The lowest BCUT2D eigenvalue weighted by molar-refractivity contribution is -0.156. The Morgan fingerprint density at radius 1 is 0.974 bits per heavy atom. The van der Waals surface area contributed by atoms with Crippen molar-refractivity contribution in [3.63, 3.8) is 0 Å². The molecule has 1 N–H and O–H groups in total. The maximum atomic E-state index is 13.6. The molecule has 1 aliphatic carbocycles. The molecule has 4 aliphatic rings. The Morgan fingerprint density at radius 3 is 2.50 bits per heavy atom. The van der Waals surface area contributed by atoms with Gasteiger partial charge in [-0.05, 0) is 36.6 Å². The zero-order chi connectivity index (χ0) is 26.1. The highest BCUT2D eigenvalue weighted by Crippen LogP contribution is 2.38. The van der Waals surface area contributed by atoms with Crippen LogP contribution >= 0.6 is 11.6 Å². The number of anilines is 1. The number of para-hydroxylation sites is 1. The van der Waals surface area contributed by atoms with Gasteiger partial charge in [0, 0.05) is 55.8 Å². The predicted octanol–water partition coefficient (Wildman–Crippen LogP) is 3.87. The van der Waals surface area contributed by atoms with Crippen molar-refractivity contribution in [3.05, 3.63) is 65.2 Å². The van der Waals surface area contributed by atoms with Crippen molar-refractivity contribution < 1.29 is 9.59 Å². The summed E-state index contributed by atoms with van der Waals surface area (Å²) in [6.45, 7) is 3.58. The number of fused-ring (bicyclic) bond motifs is 3. The van der Waals surface area contributed by atoms with E-state index in [0.29, 0.717) is 24.4 Å². The molecule has 3 fully saturated rings. The van der Waals surface area contributed by atoms with Gasteiger partial charge in [-0.1, -0.05) is 60.8 Å². The van der Waals surface area contributed by atoms with Crippen LogP contribution in [0.1, 0.15) is 44.1 Å². The number of halogens is 1. The van der Waals surface area contributed by atoms with E-state index in [-0.39, 0.29) is 30.1 Å². The zero-order valence-electron chi connectivity index (χ0n) is 21.6. The number of amidine groups is 1. The van der Waals surface area contributed by atoms with Gasteiger partial charge >= 0.3 is 0 Å². The van der Waals surface area contributed by atoms with Gasteiger partial charge in [-0.15, -0.1) is 0 Å². The quantitative estimate of drug-likeness (QED) is 0.609. The normalized spacial score (nSPS) is 25.0. The molecule has 3 heterocycles. The second-order valence-corrected chi connectivity index (χ2v) is 11.1. The molecule has 3 unspecified atom stereocenters. The van der Waals surface area contributed by atoms with Crippen LogP contribution in [0.5, 0.6) is 0 Å². The van der Waals surface area contributed by atoms with Crippen molar-refractivity contribution in [2.24, 2.45) is 11.0 Å². The third-order valence-electron chi connectivity index (χ3n) is 8.47. The number of amides is 2. The van der Waals surface area contributed by atoms with Crippen LogP contribution in [0.15, 0.2) is 59.7 Å². The van der Waals surface area contributed by atoms with Crippen LogP contribution in [-0.2, 0) is 16.1 Å². The van der Waals surface area contributed by atoms with Gasteiger partial charge in [0.25, 0.3) is 0 Å². The van der Waals surface area contributed by atoms with E-state index in [1.54, 1.807) is 0 Å². The number of carbonyl (C=O) groups excluding carboxylic acids is 2. The first-order chi connectivity index (χ1) is 18.6. The summed E-state index contributed by atoms with van der Waals surface area (Å²) in [7, 11) is 0. The number of hydrazone groups is 1. The molecule has 3 aliphatic heterocycles. The Labute approximate surface area is 229 Å². The van der Waals surface area contributed by atoms with E-state index in [2.05, 4.69) is 44.6 Å². The molecule has 6 rings (SSSR count). The maximum absolute atomic E-state index is 13.6.